The summed E-state index contributed by atoms with van der Waals surface area (Å²) in [7, 11) is 0. The van der Waals surface area contributed by atoms with Crippen LogP contribution >= 0.6 is 0 Å². The van der Waals surface area contributed by atoms with Crippen LogP contribution in [0, 0.1) is 0 Å². The van der Waals surface area contributed by atoms with Gasteiger partial charge in [-0.15, -0.1) is 0 Å². The van der Waals surface area contributed by atoms with Crippen LogP contribution in [0.25, 0.3) is 0 Å². The number of furan rings is 1. The van der Waals surface area contributed by atoms with Crippen molar-refractivity contribution in [3.05, 3.63) is 46.3 Å². The molecule has 5 nitrogen and oxygen atoms in total. The van der Waals surface area contributed by atoms with Crippen molar-refractivity contribution in [2.45, 2.75) is 32.7 Å². The molecule has 0 aromatic carbocycles. The van der Waals surface area contributed by atoms with Gasteiger partial charge in [-0.25, -0.2) is 4.98 Å². The van der Waals surface area contributed by atoms with Crippen molar-refractivity contribution in [2.24, 2.45) is 0 Å². The van der Waals surface area contributed by atoms with Gasteiger partial charge >= 0.3 is 0 Å². The van der Waals surface area contributed by atoms with E-state index in [4.69, 9.17) is 4.42 Å². The van der Waals surface area contributed by atoms with Crippen LogP contribution in [-0.2, 0) is 13.0 Å². The predicted octanol–water partition coefficient (Wildman–Crippen LogP) is 2.32. The summed E-state index contributed by atoms with van der Waals surface area (Å²) in [6.45, 7) is 2.62. The molecule has 2 rings (SSSR count). The summed E-state index contributed by atoms with van der Waals surface area (Å²) in [5.41, 5.74) is 0.695. The highest BCUT2D eigenvalue weighted by molar-refractivity contribution is 5.26. The van der Waals surface area contributed by atoms with E-state index in [0.717, 1.165) is 30.7 Å². The summed E-state index contributed by atoms with van der Waals surface area (Å²) >= 11 is 0. The molecule has 96 valence electrons. The molecule has 0 fully saturated rings. The number of hydrogen-bond donors (Lipinski definition) is 2. The fraction of sp³-hybridized carbons (Fsp3) is 0.385. The first-order chi connectivity index (χ1) is 8.78. The molecule has 0 radical (unpaired) electrons. The molecule has 0 amide bonds. The second-order valence-corrected chi connectivity index (χ2v) is 4.12. The predicted molar refractivity (Wildman–Crippen MR) is 69.5 cm³/mol. The van der Waals surface area contributed by atoms with Crippen LogP contribution in [0.15, 0.2) is 33.7 Å². The van der Waals surface area contributed by atoms with Crippen molar-refractivity contribution in [2.75, 3.05) is 5.32 Å². The Morgan fingerprint density at radius 2 is 2.39 bits per heavy atom. The Balaban J connectivity index is 2.03. The average Bonchev–Trinajstić information content (AvgIpc) is 2.86. The lowest BCUT2D eigenvalue weighted by atomic mass is 10.2. The van der Waals surface area contributed by atoms with Gasteiger partial charge in [0.05, 0.1) is 12.8 Å². The molecule has 2 aromatic heterocycles. The van der Waals surface area contributed by atoms with E-state index in [2.05, 4.69) is 22.2 Å². The molecule has 2 heterocycles. The van der Waals surface area contributed by atoms with Crippen molar-refractivity contribution in [1.82, 2.24) is 9.97 Å². The topological polar surface area (TPSA) is 70.9 Å². The van der Waals surface area contributed by atoms with E-state index in [-0.39, 0.29) is 5.56 Å². The zero-order valence-electron chi connectivity index (χ0n) is 10.4. The van der Waals surface area contributed by atoms with Gasteiger partial charge in [0.15, 0.2) is 0 Å². The van der Waals surface area contributed by atoms with Crippen molar-refractivity contribution < 1.29 is 4.42 Å². The number of nitrogens with one attached hydrogen (secondary N) is 2. The van der Waals surface area contributed by atoms with E-state index in [1.165, 1.54) is 0 Å². The third kappa shape index (κ3) is 3.48. The zero-order valence-corrected chi connectivity index (χ0v) is 10.4. The van der Waals surface area contributed by atoms with Crippen LogP contribution in [0.5, 0.6) is 0 Å². The highest BCUT2D eigenvalue weighted by Crippen LogP contribution is 2.05. The second kappa shape index (κ2) is 6.05. The van der Waals surface area contributed by atoms with E-state index < -0.39 is 0 Å². The number of aryl methyl sites for hydroxylation is 1. The van der Waals surface area contributed by atoms with Gasteiger partial charge in [0.2, 0.25) is 5.95 Å². The number of aromatic amines is 1. The molecular formula is C13H17N3O2. The van der Waals surface area contributed by atoms with Crippen LogP contribution in [0.2, 0.25) is 0 Å². The standard InChI is InChI=1S/C13H17N3O2/c1-2-3-5-10-8-12(17)16-13(15-10)14-9-11-6-4-7-18-11/h4,6-8H,2-3,5,9H2,1H3,(H2,14,15,16,17). The van der Waals surface area contributed by atoms with E-state index in [1.54, 1.807) is 12.3 Å². The molecule has 0 spiro atoms. The van der Waals surface area contributed by atoms with Crippen molar-refractivity contribution in [3.63, 3.8) is 0 Å². The highest BCUT2D eigenvalue weighted by atomic mass is 16.3. The monoisotopic (exact) mass is 247 g/mol. The van der Waals surface area contributed by atoms with E-state index in [1.807, 2.05) is 12.1 Å². The number of nitrogens with zero attached hydrogens (tertiary/aromatic N) is 1. The maximum atomic E-state index is 11.5. The molecule has 0 aliphatic rings. The highest BCUT2D eigenvalue weighted by Gasteiger charge is 2.02. The van der Waals surface area contributed by atoms with Crippen LogP contribution in [0.3, 0.4) is 0 Å². The molecule has 0 bridgehead atoms. The molecule has 5 heteroatoms. The Labute approximate surface area is 105 Å². The van der Waals surface area contributed by atoms with Crippen molar-refractivity contribution in [3.8, 4) is 0 Å². The summed E-state index contributed by atoms with van der Waals surface area (Å²) in [6, 6.07) is 5.24. The number of unbranched alkanes of at least 4 members (excludes halogenated alkanes) is 1. The lowest BCUT2D eigenvalue weighted by Crippen LogP contribution is -2.13. The largest absolute Gasteiger partial charge is 0.467 e. The Morgan fingerprint density at radius 3 is 3.11 bits per heavy atom. The second-order valence-electron chi connectivity index (χ2n) is 4.12. The lowest BCUT2D eigenvalue weighted by molar-refractivity contribution is 0.517. The molecule has 0 unspecified atom stereocenters. The maximum Gasteiger partial charge on any atom is 0.252 e. The number of aromatic nitrogens is 2. The van der Waals surface area contributed by atoms with Gasteiger partial charge in [0.1, 0.15) is 5.76 Å². The Hall–Kier alpha value is -2.04. The van der Waals surface area contributed by atoms with Gasteiger partial charge in [-0.05, 0) is 25.0 Å². The Bertz CT molecular complexity index is 531. The SMILES string of the molecule is CCCCc1cc(=O)[nH]c(NCc2ccco2)n1. The third-order valence-electron chi connectivity index (χ3n) is 2.59. The molecule has 2 aromatic rings. The fourth-order valence-electron chi connectivity index (χ4n) is 1.66. The Kier molecular flexibility index (Phi) is 4.17. The summed E-state index contributed by atoms with van der Waals surface area (Å²) < 4.78 is 5.20. The van der Waals surface area contributed by atoms with Crippen molar-refractivity contribution >= 4 is 5.95 Å². The summed E-state index contributed by atoms with van der Waals surface area (Å²) in [5, 5.41) is 3.04. The van der Waals surface area contributed by atoms with Gasteiger partial charge in [-0.1, -0.05) is 13.3 Å². The quantitative estimate of drug-likeness (QED) is 0.821. The molecule has 0 aliphatic heterocycles. The van der Waals surface area contributed by atoms with Gasteiger partial charge in [0.25, 0.3) is 5.56 Å². The fourth-order valence-corrected chi connectivity index (χ4v) is 1.66. The van der Waals surface area contributed by atoms with E-state index in [0.29, 0.717) is 12.5 Å². The van der Waals surface area contributed by atoms with E-state index in [9.17, 15) is 4.79 Å². The number of H-pyrrole nitrogens is 1. The van der Waals surface area contributed by atoms with Crippen LogP contribution in [-0.4, -0.2) is 9.97 Å². The maximum absolute atomic E-state index is 11.5. The van der Waals surface area contributed by atoms with Gasteiger partial charge < -0.3 is 9.73 Å². The lowest BCUT2D eigenvalue weighted by Gasteiger charge is -2.05. The molecule has 0 aliphatic carbocycles. The first-order valence-electron chi connectivity index (χ1n) is 6.14. The van der Waals surface area contributed by atoms with Crippen LogP contribution in [0.1, 0.15) is 31.2 Å². The molecule has 0 saturated heterocycles. The molecule has 18 heavy (non-hydrogen) atoms. The van der Waals surface area contributed by atoms with Crippen LogP contribution in [0.4, 0.5) is 5.95 Å². The third-order valence-corrected chi connectivity index (χ3v) is 2.59. The first-order valence-corrected chi connectivity index (χ1v) is 6.14. The first kappa shape index (κ1) is 12.4. The van der Waals surface area contributed by atoms with Crippen LogP contribution < -0.4 is 10.9 Å². The van der Waals surface area contributed by atoms with Gasteiger partial charge in [0, 0.05) is 11.8 Å². The Morgan fingerprint density at radius 1 is 1.50 bits per heavy atom. The summed E-state index contributed by atoms with van der Waals surface area (Å²) in [5.74, 6) is 1.29. The minimum Gasteiger partial charge on any atom is -0.467 e. The zero-order chi connectivity index (χ0) is 12.8. The number of hydrogen-bond acceptors (Lipinski definition) is 4. The van der Waals surface area contributed by atoms with Gasteiger partial charge in [-0.3, -0.25) is 9.78 Å². The molecule has 0 saturated carbocycles. The minimum atomic E-state index is -0.127. The molecule has 2 N–H and O–H groups in total. The normalized spacial score (nSPS) is 10.5. The van der Waals surface area contributed by atoms with E-state index >= 15 is 0 Å². The number of anilines is 1. The smallest absolute Gasteiger partial charge is 0.252 e. The summed E-state index contributed by atoms with van der Waals surface area (Å²) in [4.78, 5) is 18.5. The molecule has 0 atom stereocenters. The summed E-state index contributed by atoms with van der Waals surface area (Å²) in [6.07, 6.45) is 4.57. The average molecular weight is 247 g/mol. The van der Waals surface area contributed by atoms with Gasteiger partial charge in [-0.2, -0.15) is 0 Å². The molecular weight excluding hydrogens is 230 g/mol. The minimum absolute atomic E-state index is 0.127. The number of rotatable bonds is 6. The van der Waals surface area contributed by atoms with Crippen molar-refractivity contribution in [1.29, 1.82) is 0 Å².